The SMILES string of the molecule is CC/C=C/CCCC(C)(C)[Si](C)(C)O. The largest absolute Gasteiger partial charge is 0.432 e. The van der Waals surface area contributed by atoms with Gasteiger partial charge in [0.15, 0.2) is 8.32 Å². The quantitative estimate of drug-likeness (QED) is 0.401. The Hall–Kier alpha value is -0.0831. The van der Waals surface area contributed by atoms with Crippen molar-refractivity contribution in [3.8, 4) is 0 Å². The van der Waals surface area contributed by atoms with E-state index < -0.39 is 8.32 Å². The van der Waals surface area contributed by atoms with Gasteiger partial charge in [-0.05, 0) is 43.8 Å². The van der Waals surface area contributed by atoms with Gasteiger partial charge >= 0.3 is 0 Å². The molecule has 0 radical (unpaired) electrons. The van der Waals surface area contributed by atoms with Crippen LogP contribution in [0.2, 0.25) is 18.1 Å². The summed E-state index contributed by atoms with van der Waals surface area (Å²) >= 11 is 0. The predicted octanol–water partition coefficient (Wildman–Crippen LogP) is 4.10. The van der Waals surface area contributed by atoms with Gasteiger partial charge in [0.2, 0.25) is 0 Å². The average Bonchev–Trinajstić information content (AvgIpc) is 2.02. The zero-order valence-electron chi connectivity index (χ0n) is 10.4. The first-order valence-corrected chi connectivity index (χ1v) is 8.63. The fourth-order valence-corrected chi connectivity index (χ4v) is 2.04. The smallest absolute Gasteiger partial charge is 0.188 e. The normalized spacial score (nSPS) is 13.9. The van der Waals surface area contributed by atoms with Gasteiger partial charge in [-0.15, -0.1) is 0 Å². The van der Waals surface area contributed by atoms with Crippen molar-refractivity contribution in [2.45, 2.75) is 64.6 Å². The van der Waals surface area contributed by atoms with Crippen molar-refractivity contribution in [3.05, 3.63) is 12.2 Å². The molecule has 0 aliphatic heterocycles. The molecular formula is C12H26OSi. The van der Waals surface area contributed by atoms with E-state index in [0.717, 1.165) is 19.3 Å². The van der Waals surface area contributed by atoms with Gasteiger partial charge in [0, 0.05) is 0 Å². The molecule has 0 aliphatic rings. The number of hydrogen-bond acceptors (Lipinski definition) is 1. The van der Waals surface area contributed by atoms with Gasteiger partial charge in [0.25, 0.3) is 0 Å². The zero-order chi connectivity index (χ0) is 11.2. The van der Waals surface area contributed by atoms with Crippen LogP contribution in [0.15, 0.2) is 12.2 Å². The van der Waals surface area contributed by atoms with E-state index in [0.29, 0.717) is 0 Å². The van der Waals surface area contributed by atoms with Gasteiger partial charge in [-0.2, -0.15) is 0 Å². The third kappa shape index (κ3) is 4.96. The van der Waals surface area contributed by atoms with E-state index in [1.165, 1.54) is 6.42 Å². The van der Waals surface area contributed by atoms with Crippen LogP contribution in [0.1, 0.15) is 46.5 Å². The summed E-state index contributed by atoms with van der Waals surface area (Å²) in [6.07, 6.45) is 9.08. The minimum Gasteiger partial charge on any atom is -0.432 e. The van der Waals surface area contributed by atoms with Crippen molar-refractivity contribution in [2.75, 3.05) is 0 Å². The summed E-state index contributed by atoms with van der Waals surface area (Å²) < 4.78 is 0. The molecule has 0 atom stereocenters. The molecule has 84 valence electrons. The van der Waals surface area contributed by atoms with E-state index in [1.807, 2.05) is 13.1 Å². The van der Waals surface area contributed by atoms with Crippen molar-refractivity contribution < 1.29 is 4.80 Å². The monoisotopic (exact) mass is 214 g/mol. The number of unbranched alkanes of at least 4 members (excludes halogenated alkanes) is 1. The molecule has 14 heavy (non-hydrogen) atoms. The van der Waals surface area contributed by atoms with Crippen LogP contribution in [0, 0.1) is 0 Å². The van der Waals surface area contributed by atoms with Crippen molar-refractivity contribution >= 4 is 8.32 Å². The first kappa shape index (κ1) is 13.9. The maximum absolute atomic E-state index is 10.1. The minimum absolute atomic E-state index is 0.146. The van der Waals surface area contributed by atoms with Crippen LogP contribution in [0.4, 0.5) is 0 Å². The molecule has 0 bridgehead atoms. The van der Waals surface area contributed by atoms with Crippen molar-refractivity contribution in [1.82, 2.24) is 0 Å². The summed E-state index contributed by atoms with van der Waals surface area (Å²) in [4.78, 5) is 10.1. The second kappa shape index (κ2) is 5.71. The Balaban J connectivity index is 3.83. The highest BCUT2D eigenvalue weighted by molar-refractivity contribution is 6.72. The maximum Gasteiger partial charge on any atom is 0.188 e. The van der Waals surface area contributed by atoms with Crippen LogP contribution >= 0.6 is 0 Å². The Bertz CT molecular complexity index is 177. The van der Waals surface area contributed by atoms with E-state index in [-0.39, 0.29) is 5.04 Å². The molecule has 0 heterocycles. The molecule has 0 rings (SSSR count). The molecular weight excluding hydrogens is 188 g/mol. The molecule has 0 spiro atoms. The van der Waals surface area contributed by atoms with Gasteiger partial charge in [-0.3, -0.25) is 0 Å². The highest BCUT2D eigenvalue weighted by Crippen LogP contribution is 2.40. The topological polar surface area (TPSA) is 20.2 Å². The number of hydrogen-bond donors (Lipinski definition) is 1. The van der Waals surface area contributed by atoms with E-state index in [1.54, 1.807) is 0 Å². The molecule has 0 unspecified atom stereocenters. The van der Waals surface area contributed by atoms with Crippen LogP contribution in [0.25, 0.3) is 0 Å². The second-order valence-corrected chi connectivity index (χ2v) is 9.69. The standard InChI is InChI=1S/C12H26OSi/c1-6-7-8-9-10-11-12(2,3)14(4,5)13/h7-8,13H,6,9-11H2,1-5H3/b8-7+. The Morgan fingerprint density at radius 3 is 2.21 bits per heavy atom. The molecule has 2 heteroatoms. The van der Waals surface area contributed by atoms with Gasteiger partial charge in [0.05, 0.1) is 0 Å². The van der Waals surface area contributed by atoms with Crippen LogP contribution < -0.4 is 0 Å². The minimum atomic E-state index is -1.98. The molecule has 1 N–H and O–H groups in total. The van der Waals surface area contributed by atoms with Crippen molar-refractivity contribution in [2.24, 2.45) is 0 Å². The summed E-state index contributed by atoms with van der Waals surface area (Å²) in [6, 6.07) is 0. The van der Waals surface area contributed by atoms with E-state index in [4.69, 9.17) is 0 Å². The lowest BCUT2D eigenvalue weighted by molar-refractivity contribution is 0.444. The molecule has 0 fully saturated rings. The highest BCUT2D eigenvalue weighted by Gasteiger charge is 2.36. The summed E-state index contributed by atoms with van der Waals surface area (Å²) in [7, 11) is -1.98. The van der Waals surface area contributed by atoms with Crippen LogP contribution in [0.3, 0.4) is 0 Å². The lowest BCUT2D eigenvalue weighted by Gasteiger charge is -2.35. The molecule has 0 saturated carbocycles. The van der Waals surface area contributed by atoms with Gasteiger partial charge < -0.3 is 4.80 Å². The van der Waals surface area contributed by atoms with Gasteiger partial charge in [-0.1, -0.05) is 32.9 Å². The van der Waals surface area contributed by atoms with Crippen molar-refractivity contribution in [1.29, 1.82) is 0 Å². The summed E-state index contributed by atoms with van der Waals surface area (Å²) in [5.41, 5.74) is 0. The van der Waals surface area contributed by atoms with E-state index in [2.05, 4.69) is 32.9 Å². The second-order valence-electron chi connectivity index (χ2n) is 5.21. The zero-order valence-corrected chi connectivity index (χ0v) is 11.4. The van der Waals surface area contributed by atoms with Crippen LogP contribution in [-0.2, 0) is 0 Å². The molecule has 0 aromatic heterocycles. The van der Waals surface area contributed by atoms with Crippen LogP contribution in [0.5, 0.6) is 0 Å². The van der Waals surface area contributed by atoms with Crippen molar-refractivity contribution in [3.63, 3.8) is 0 Å². The predicted molar refractivity (Wildman–Crippen MR) is 67.0 cm³/mol. The molecule has 0 aliphatic carbocycles. The first-order chi connectivity index (χ1) is 6.31. The summed E-state index contributed by atoms with van der Waals surface area (Å²) in [5.74, 6) is 0. The fourth-order valence-electron chi connectivity index (χ4n) is 1.25. The Morgan fingerprint density at radius 2 is 1.79 bits per heavy atom. The van der Waals surface area contributed by atoms with Crippen LogP contribution in [-0.4, -0.2) is 13.1 Å². The van der Waals surface area contributed by atoms with Gasteiger partial charge in [-0.25, -0.2) is 0 Å². The van der Waals surface area contributed by atoms with Gasteiger partial charge in [0.1, 0.15) is 0 Å². The maximum atomic E-state index is 10.1. The Labute approximate surface area is 90.4 Å². The molecule has 0 amide bonds. The van der Waals surface area contributed by atoms with E-state index in [9.17, 15) is 4.80 Å². The molecule has 1 nitrogen and oxygen atoms in total. The fraction of sp³-hybridized carbons (Fsp3) is 0.833. The molecule has 0 saturated heterocycles. The summed E-state index contributed by atoms with van der Waals surface area (Å²) in [6.45, 7) is 10.6. The molecule has 0 aromatic rings. The average molecular weight is 214 g/mol. The first-order valence-electron chi connectivity index (χ1n) is 5.68. The van der Waals surface area contributed by atoms with E-state index >= 15 is 0 Å². The highest BCUT2D eigenvalue weighted by atomic mass is 28.4. The molecule has 0 aromatic carbocycles. The number of rotatable bonds is 6. The summed E-state index contributed by atoms with van der Waals surface area (Å²) in [5, 5.41) is 0.146. The Kier molecular flexibility index (Phi) is 5.68. The Morgan fingerprint density at radius 1 is 1.21 bits per heavy atom. The third-order valence-electron chi connectivity index (χ3n) is 3.23. The lowest BCUT2D eigenvalue weighted by atomic mass is 10.1. The number of allylic oxidation sites excluding steroid dienone is 2. The lowest BCUT2D eigenvalue weighted by Crippen LogP contribution is -2.38. The third-order valence-corrected chi connectivity index (χ3v) is 6.79.